The fraction of sp³-hybridized carbons (Fsp3) is 0.391. The van der Waals surface area contributed by atoms with Crippen LogP contribution in [0.5, 0.6) is 0 Å². The Morgan fingerprint density at radius 1 is 1.03 bits per heavy atom. The summed E-state index contributed by atoms with van der Waals surface area (Å²) in [6, 6.07) is 9.12. The molecule has 0 radical (unpaired) electrons. The molecule has 0 spiro atoms. The van der Waals surface area contributed by atoms with Crippen LogP contribution in [0.2, 0.25) is 0 Å². The Balaban J connectivity index is 2.06. The number of aromatic nitrogens is 4. The van der Waals surface area contributed by atoms with E-state index in [0.717, 1.165) is 5.69 Å². The van der Waals surface area contributed by atoms with Crippen LogP contribution in [0, 0.1) is 12.7 Å². The van der Waals surface area contributed by atoms with Crippen LogP contribution in [0.15, 0.2) is 41.2 Å². The summed E-state index contributed by atoms with van der Waals surface area (Å²) in [5.41, 5.74) is -0.118. The van der Waals surface area contributed by atoms with Crippen molar-refractivity contribution in [3.63, 3.8) is 0 Å². The first-order valence-corrected chi connectivity index (χ1v) is 10.1. The van der Waals surface area contributed by atoms with Crippen molar-refractivity contribution in [2.45, 2.75) is 59.4 Å². The van der Waals surface area contributed by atoms with E-state index >= 15 is 0 Å². The van der Waals surface area contributed by atoms with Crippen molar-refractivity contribution in [3.05, 3.63) is 69.5 Å². The molecule has 7 nitrogen and oxygen atoms in total. The molecule has 3 rings (SSSR count). The Labute approximate surface area is 180 Å². The van der Waals surface area contributed by atoms with Crippen LogP contribution in [0.3, 0.4) is 0 Å². The molecule has 0 aliphatic heterocycles. The zero-order valence-electron chi connectivity index (χ0n) is 18.9. The normalized spacial score (nSPS) is 12.1. The van der Waals surface area contributed by atoms with Crippen molar-refractivity contribution < 1.29 is 9.18 Å². The Morgan fingerprint density at radius 2 is 1.68 bits per heavy atom. The van der Waals surface area contributed by atoms with Crippen LogP contribution in [-0.2, 0) is 11.0 Å². The zero-order chi connectivity index (χ0) is 23.1. The number of nitrogens with one attached hydrogen (secondary N) is 1. The number of nitrogens with zero attached hydrogens (tertiary/aromatic N) is 4. The summed E-state index contributed by atoms with van der Waals surface area (Å²) in [5, 5.41) is 11.6. The number of hydrogen-bond donors (Lipinski definition) is 1. The van der Waals surface area contributed by atoms with Crippen LogP contribution < -0.4 is 10.7 Å². The maximum Gasteiger partial charge on any atom is 0.281 e. The van der Waals surface area contributed by atoms with E-state index in [0.29, 0.717) is 11.5 Å². The molecule has 0 fully saturated rings. The summed E-state index contributed by atoms with van der Waals surface area (Å²) >= 11 is 0. The maximum absolute atomic E-state index is 14.3. The third-order valence-electron chi connectivity index (χ3n) is 4.76. The van der Waals surface area contributed by atoms with Gasteiger partial charge in [-0.1, -0.05) is 32.9 Å². The molecule has 0 atom stereocenters. The molecule has 2 aromatic heterocycles. The van der Waals surface area contributed by atoms with E-state index in [4.69, 9.17) is 0 Å². The minimum atomic E-state index is -0.680. The molecule has 8 heteroatoms. The van der Waals surface area contributed by atoms with Crippen molar-refractivity contribution in [3.8, 4) is 5.69 Å². The van der Waals surface area contributed by atoms with Gasteiger partial charge in [-0.2, -0.15) is 10.2 Å². The van der Waals surface area contributed by atoms with Gasteiger partial charge in [0, 0.05) is 23.2 Å². The van der Waals surface area contributed by atoms with Gasteiger partial charge in [-0.25, -0.2) is 13.8 Å². The highest BCUT2D eigenvalue weighted by molar-refractivity contribution is 6.02. The van der Waals surface area contributed by atoms with Gasteiger partial charge in [0.15, 0.2) is 5.69 Å². The number of anilines is 1. The molecule has 0 unspecified atom stereocenters. The second kappa shape index (κ2) is 7.76. The Hall–Kier alpha value is -3.29. The molecule has 3 aromatic rings. The van der Waals surface area contributed by atoms with Crippen LogP contribution in [0.25, 0.3) is 5.69 Å². The summed E-state index contributed by atoms with van der Waals surface area (Å²) in [4.78, 5) is 25.6. The molecule has 0 aliphatic carbocycles. The molecular weight excluding hydrogens is 397 g/mol. The van der Waals surface area contributed by atoms with Gasteiger partial charge in [-0.15, -0.1) is 0 Å². The van der Waals surface area contributed by atoms with E-state index in [2.05, 4.69) is 15.5 Å². The summed E-state index contributed by atoms with van der Waals surface area (Å²) in [5.74, 6) is -0.726. The topological polar surface area (TPSA) is 81.8 Å². The molecule has 1 aromatic carbocycles. The lowest BCUT2D eigenvalue weighted by molar-refractivity contribution is 0.101. The molecule has 164 valence electrons. The summed E-state index contributed by atoms with van der Waals surface area (Å²) in [7, 11) is 0. The van der Waals surface area contributed by atoms with Crippen molar-refractivity contribution in [1.82, 2.24) is 19.6 Å². The molecule has 0 aliphatic rings. The number of carbonyl (C=O) groups is 1. The highest BCUT2D eigenvalue weighted by Gasteiger charge is 2.27. The lowest BCUT2D eigenvalue weighted by Crippen LogP contribution is -2.30. The number of para-hydroxylation sites is 1. The van der Waals surface area contributed by atoms with Gasteiger partial charge in [0.2, 0.25) is 5.43 Å². The smallest absolute Gasteiger partial charge is 0.281 e. The molecule has 0 saturated heterocycles. The van der Waals surface area contributed by atoms with Crippen LogP contribution in [-0.4, -0.2) is 25.5 Å². The van der Waals surface area contributed by atoms with Crippen LogP contribution in [0.4, 0.5) is 10.2 Å². The fourth-order valence-corrected chi connectivity index (χ4v) is 3.10. The van der Waals surface area contributed by atoms with Crippen molar-refractivity contribution in [1.29, 1.82) is 0 Å². The summed E-state index contributed by atoms with van der Waals surface area (Å²) < 4.78 is 17.3. The van der Waals surface area contributed by atoms with Gasteiger partial charge in [0.1, 0.15) is 17.3 Å². The molecular formula is C23H28FN5O2. The van der Waals surface area contributed by atoms with E-state index in [1.807, 2.05) is 41.5 Å². The largest absolute Gasteiger partial charge is 0.305 e. The third kappa shape index (κ3) is 4.57. The number of amides is 1. The van der Waals surface area contributed by atoms with Crippen LogP contribution >= 0.6 is 0 Å². The highest BCUT2D eigenvalue weighted by Crippen LogP contribution is 2.28. The molecule has 0 saturated carbocycles. The average molecular weight is 426 g/mol. The lowest BCUT2D eigenvalue weighted by atomic mass is 9.92. The minimum Gasteiger partial charge on any atom is -0.305 e. The fourth-order valence-electron chi connectivity index (χ4n) is 3.10. The van der Waals surface area contributed by atoms with Gasteiger partial charge in [-0.05, 0) is 39.8 Å². The van der Waals surface area contributed by atoms with Gasteiger partial charge >= 0.3 is 0 Å². The predicted octanol–water partition coefficient (Wildman–Crippen LogP) is 4.18. The van der Waals surface area contributed by atoms with Gasteiger partial charge in [0.05, 0.1) is 11.2 Å². The second-order valence-electron chi connectivity index (χ2n) is 9.56. The first kappa shape index (κ1) is 22.4. The standard InChI is InChI=1S/C23H28FN5O2/c1-14-12-17(30)20(27-28(14)16-11-9-8-10-15(16)24)21(31)25-19-13-18(22(2,3)4)26-29(19)23(5,6)7/h8-13H,1-7H3,(H,25,31). The number of hydrogen-bond acceptors (Lipinski definition) is 4. The van der Waals surface area contributed by atoms with E-state index in [-0.39, 0.29) is 16.8 Å². The monoisotopic (exact) mass is 425 g/mol. The Bertz CT molecular complexity index is 1200. The number of carbonyl (C=O) groups excluding carboxylic acids is 1. The first-order valence-electron chi connectivity index (χ1n) is 10.1. The number of rotatable bonds is 3. The number of aryl methyl sites for hydroxylation is 1. The second-order valence-corrected chi connectivity index (χ2v) is 9.56. The molecule has 0 bridgehead atoms. The molecule has 1 amide bonds. The maximum atomic E-state index is 14.3. The summed E-state index contributed by atoms with van der Waals surface area (Å²) in [6.07, 6.45) is 0. The Morgan fingerprint density at radius 3 is 2.26 bits per heavy atom. The van der Waals surface area contributed by atoms with E-state index < -0.39 is 22.7 Å². The van der Waals surface area contributed by atoms with Gasteiger partial charge in [0.25, 0.3) is 5.91 Å². The SMILES string of the molecule is Cc1cc(=O)c(C(=O)Nc2cc(C(C)(C)C)nn2C(C)(C)C)nn1-c1ccccc1F. The van der Waals surface area contributed by atoms with Gasteiger partial charge in [-0.3, -0.25) is 9.59 Å². The molecule has 31 heavy (non-hydrogen) atoms. The quantitative estimate of drug-likeness (QED) is 0.682. The van der Waals surface area contributed by atoms with E-state index in [9.17, 15) is 14.0 Å². The van der Waals surface area contributed by atoms with Crippen molar-refractivity contribution >= 4 is 11.7 Å². The van der Waals surface area contributed by atoms with Crippen molar-refractivity contribution in [2.24, 2.45) is 0 Å². The number of halogens is 1. The van der Waals surface area contributed by atoms with E-state index in [1.165, 1.54) is 22.9 Å². The Kier molecular flexibility index (Phi) is 5.60. The average Bonchev–Trinajstić information content (AvgIpc) is 3.07. The third-order valence-corrected chi connectivity index (χ3v) is 4.76. The lowest BCUT2D eigenvalue weighted by Gasteiger charge is -2.23. The van der Waals surface area contributed by atoms with Crippen molar-refractivity contribution in [2.75, 3.05) is 5.32 Å². The van der Waals surface area contributed by atoms with Gasteiger partial charge < -0.3 is 5.32 Å². The molecule has 2 heterocycles. The zero-order valence-corrected chi connectivity index (χ0v) is 18.9. The summed E-state index contributed by atoms with van der Waals surface area (Å²) in [6.45, 7) is 13.6. The molecule has 1 N–H and O–H groups in total. The highest BCUT2D eigenvalue weighted by atomic mass is 19.1. The predicted molar refractivity (Wildman–Crippen MR) is 118 cm³/mol. The number of benzene rings is 1. The van der Waals surface area contributed by atoms with E-state index in [1.54, 1.807) is 29.8 Å². The minimum absolute atomic E-state index is 0.156. The first-order chi connectivity index (χ1) is 14.3. The van der Waals surface area contributed by atoms with Crippen LogP contribution in [0.1, 0.15) is 63.4 Å².